The van der Waals surface area contributed by atoms with Crippen molar-refractivity contribution in [3.8, 4) is 0 Å². The third-order valence-corrected chi connectivity index (χ3v) is 6.12. The van der Waals surface area contributed by atoms with Gasteiger partial charge in [-0.3, -0.25) is 14.4 Å². The largest absolute Gasteiger partial charge is 0.481 e. The van der Waals surface area contributed by atoms with E-state index in [1.54, 1.807) is 29.0 Å². The van der Waals surface area contributed by atoms with Gasteiger partial charge in [-0.2, -0.15) is 0 Å². The van der Waals surface area contributed by atoms with Crippen LogP contribution in [0.25, 0.3) is 0 Å². The molecule has 1 atom stereocenters. The zero-order valence-corrected chi connectivity index (χ0v) is 15.5. The van der Waals surface area contributed by atoms with Gasteiger partial charge in [0.25, 0.3) is 0 Å². The number of amides is 2. The molecular weight excluding hydrogens is 351 g/mol. The van der Waals surface area contributed by atoms with Gasteiger partial charge in [0.15, 0.2) is 0 Å². The van der Waals surface area contributed by atoms with E-state index in [-0.39, 0.29) is 24.1 Å². The lowest BCUT2D eigenvalue weighted by molar-refractivity contribution is -0.147. The van der Waals surface area contributed by atoms with Crippen LogP contribution in [0.3, 0.4) is 0 Å². The van der Waals surface area contributed by atoms with Crippen LogP contribution >= 0.6 is 0 Å². The molecular formula is C20H25FN2O4. The van der Waals surface area contributed by atoms with Gasteiger partial charge < -0.3 is 14.9 Å². The lowest BCUT2D eigenvalue weighted by Gasteiger charge is -2.45. The number of hydrogen-bond donors (Lipinski definition) is 1. The first kappa shape index (κ1) is 19.3. The van der Waals surface area contributed by atoms with Crippen molar-refractivity contribution in [3.05, 3.63) is 35.6 Å². The Kier molecular flexibility index (Phi) is 5.48. The highest BCUT2D eigenvalue weighted by Gasteiger charge is 2.55. The number of nitrogens with zero attached hydrogens (tertiary/aromatic N) is 2. The van der Waals surface area contributed by atoms with E-state index in [1.807, 2.05) is 0 Å². The Labute approximate surface area is 157 Å². The first-order valence-electron chi connectivity index (χ1n) is 9.35. The SMILES string of the molecule is CN1C(=O)C[C@@H](C(=O)O)C12CCN(C(=O)CCCc1ccc(F)cc1)CC2. The fourth-order valence-electron chi connectivity index (χ4n) is 4.38. The van der Waals surface area contributed by atoms with Gasteiger partial charge in [0.1, 0.15) is 5.82 Å². The van der Waals surface area contributed by atoms with Gasteiger partial charge in [0, 0.05) is 33.0 Å². The molecule has 0 unspecified atom stereocenters. The first-order valence-corrected chi connectivity index (χ1v) is 9.35. The Morgan fingerprint density at radius 2 is 1.85 bits per heavy atom. The van der Waals surface area contributed by atoms with Crippen molar-refractivity contribution in [2.75, 3.05) is 20.1 Å². The molecule has 2 aliphatic rings. The van der Waals surface area contributed by atoms with Gasteiger partial charge in [-0.15, -0.1) is 0 Å². The highest BCUT2D eigenvalue weighted by atomic mass is 19.1. The fourth-order valence-corrected chi connectivity index (χ4v) is 4.38. The predicted octanol–water partition coefficient (Wildman–Crippen LogP) is 2.07. The Hall–Kier alpha value is -2.44. The molecule has 0 aliphatic carbocycles. The lowest BCUT2D eigenvalue weighted by atomic mass is 9.77. The summed E-state index contributed by atoms with van der Waals surface area (Å²) in [5, 5.41) is 9.50. The van der Waals surface area contributed by atoms with Crippen molar-refractivity contribution < 1.29 is 23.9 Å². The van der Waals surface area contributed by atoms with E-state index >= 15 is 0 Å². The molecule has 0 bridgehead atoms. The van der Waals surface area contributed by atoms with E-state index in [9.17, 15) is 23.9 Å². The molecule has 1 spiro atoms. The summed E-state index contributed by atoms with van der Waals surface area (Å²) in [5.41, 5.74) is 0.325. The molecule has 1 aromatic rings. The zero-order valence-electron chi connectivity index (χ0n) is 15.5. The third kappa shape index (κ3) is 3.82. The molecule has 2 fully saturated rings. The maximum atomic E-state index is 12.9. The van der Waals surface area contributed by atoms with Crippen molar-refractivity contribution >= 4 is 17.8 Å². The zero-order chi connectivity index (χ0) is 19.6. The van der Waals surface area contributed by atoms with Crippen LogP contribution in [-0.4, -0.2) is 58.4 Å². The second-order valence-corrected chi connectivity index (χ2v) is 7.51. The summed E-state index contributed by atoms with van der Waals surface area (Å²) in [5.74, 6) is -2.00. The minimum atomic E-state index is -0.938. The molecule has 0 radical (unpaired) electrons. The molecule has 0 saturated carbocycles. The van der Waals surface area contributed by atoms with Crippen molar-refractivity contribution in [3.63, 3.8) is 0 Å². The standard InChI is InChI=1S/C20H25FN2O4/c1-22-18(25)13-16(19(26)27)20(22)9-11-23(12-10-20)17(24)4-2-3-14-5-7-15(21)8-6-14/h5-8,16H,2-4,9-13H2,1H3,(H,26,27)/t16-/m0/s1. The van der Waals surface area contributed by atoms with Gasteiger partial charge in [-0.05, 0) is 43.4 Å². The Morgan fingerprint density at radius 1 is 1.22 bits per heavy atom. The molecule has 6 nitrogen and oxygen atoms in total. The number of hydrogen-bond acceptors (Lipinski definition) is 3. The number of carboxylic acids is 1. The van der Waals surface area contributed by atoms with E-state index in [1.165, 1.54) is 12.1 Å². The average molecular weight is 376 g/mol. The first-order chi connectivity index (χ1) is 12.8. The molecule has 146 valence electrons. The Morgan fingerprint density at radius 3 is 2.44 bits per heavy atom. The van der Waals surface area contributed by atoms with E-state index in [0.717, 1.165) is 5.56 Å². The van der Waals surface area contributed by atoms with Crippen LogP contribution in [0.2, 0.25) is 0 Å². The summed E-state index contributed by atoms with van der Waals surface area (Å²) in [6, 6.07) is 6.28. The van der Waals surface area contributed by atoms with Crippen LogP contribution in [0.4, 0.5) is 4.39 Å². The summed E-state index contributed by atoms with van der Waals surface area (Å²) < 4.78 is 12.9. The summed E-state index contributed by atoms with van der Waals surface area (Å²) in [6.07, 6.45) is 2.83. The van der Waals surface area contributed by atoms with Crippen molar-refractivity contribution in [1.82, 2.24) is 9.80 Å². The topological polar surface area (TPSA) is 77.9 Å². The number of aliphatic carboxylic acids is 1. The minimum absolute atomic E-state index is 0.0391. The van der Waals surface area contributed by atoms with Crippen LogP contribution in [0.1, 0.15) is 37.7 Å². The Bertz CT molecular complexity index is 726. The number of carbonyl (C=O) groups is 3. The molecule has 2 aliphatic heterocycles. The molecule has 2 amide bonds. The number of piperidine rings is 1. The van der Waals surface area contributed by atoms with Crippen molar-refractivity contribution in [1.29, 1.82) is 0 Å². The summed E-state index contributed by atoms with van der Waals surface area (Å²) >= 11 is 0. The van der Waals surface area contributed by atoms with Crippen LogP contribution < -0.4 is 0 Å². The van der Waals surface area contributed by atoms with Crippen LogP contribution in [-0.2, 0) is 20.8 Å². The van der Waals surface area contributed by atoms with Gasteiger partial charge in [-0.25, -0.2) is 4.39 Å². The van der Waals surface area contributed by atoms with Crippen LogP contribution in [0.5, 0.6) is 0 Å². The summed E-state index contributed by atoms with van der Waals surface area (Å²) in [7, 11) is 1.67. The summed E-state index contributed by atoms with van der Waals surface area (Å²) in [4.78, 5) is 39.5. The average Bonchev–Trinajstić information content (AvgIpc) is 2.89. The number of halogens is 1. The second kappa shape index (κ2) is 7.66. The van der Waals surface area contributed by atoms with Gasteiger partial charge in [0.2, 0.25) is 11.8 Å². The highest BCUT2D eigenvalue weighted by molar-refractivity contribution is 5.88. The molecule has 7 heteroatoms. The molecule has 3 rings (SSSR count). The maximum Gasteiger partial charge on any atom is 0.309 e. The number of rotatable bonds is 5. The molecule has 2 saturated heterocycles. The monoisotopic (exact) mass is 376 g/mol. The number of aryl methyl sites for hydroxylation is 1. The molecule has 1 N–H and O–H groups in total. The van der Waals surface area contributed by atoms with E-state index in [0.29, 0.717) is 45.2 Å². The number of benzene rings is 1. The van der Waals surface area contributed by atoms with Gasteiger partial charge in [0.05, 0.1) is 11.5 Å². The molecule has 27 heavy (non-hydrogen) atoms. The minimum Gasteiger partial charge on any atom is -0.481 e. The van der Waals surface area contributed by atoms with Gasteiger partial charge >= 0.3 is 5.97 Å². The number of carboxylic acid groups (broad SMARTS) is 1. The Balaban J connectivity index is 1.52. The summed E-state index contributed by atoms with van der Waals surface area (Å²) in [6.45, 7) is 0.938. The lowest BCUT2D eigenvalue weighted by Crippen LogP contribution is -2.56. The van der Waals surface area contributed by atoms with Gasteiger partial charge in [-0.1, -0.05) is 12.1 Å². The third-order valence-electron chi connectivity index (χ3n) is 6.12. The van der Waals surface area contributed by atoms with E-state index in [2.05, 4.69) is 0 Å². The predicted molar refractivity (Wildman–Crippen MR) is 96.4 cm³/mol. The maximum absolute atomic E-state index is 12.9. The normalized spacial score (nSPS) is 21.7. The van der Waals surface area contributed by atoms with Crippen molar-refractivity contribution in [2.45, 2.75) is 44.1 Å². The van der Waals surface area contributed by atoms with Crippen LogP contribution in [0, 0.1) is 11.7 Å². The van der Waals surface area contributed by atoms with Crippen molar-refractivity contribution in [2.24, 2.45) is 5.92 Å². The highest BCUT2D eigenvalue weighted by Crippen LogP contribution is 2.42. The second-order valence-electron chi connectivity index (χ2n) is 7.51. The quantitative estimate of drug-likeness (QED) is 0.853. The molecule has 2 heterocycles. The molecule has 1 aromatic carbocycles. The van der Waals surface area contributed by atoms with E-state index < -0.39 is 17.4 Å². The number of carbonyl (C=O) groups excluding carboxylic acids is 2. The number of likely N-dealkylation sites (tertiary alicyclic amines) is 2. The molecule has 0 aromatic heterocycles. The smallest absolute Gasteiger partial charge is 0.309 e. The van der Waals surface area contributed by atoms with Crippen LogP contribution in [0.15, 0.2) is 24.3 Å². The van der Waals surface area contributed by atoms with E-state index in [4.69, 9.17) is 0 Å². The fraction of sp³-hybridized carbons (Fsp3) is 0.550.